The van der Waals surface area contributed by atoms with Crippen LogP contribution in [0.4, 0.5) is 5.69 Å². The zero-order chi connectivity index (χ0) is 23.1. The van der Waals surface area contributed by atoms with E-state index >= 15 is 0 Å². The SMILES string of the molecule is C=CCN1C(=O)/C(=C\c2ccc(OCC(=O)Nc3ccc(CC)cc3)c(OC)c2)SC1=S. The van der Waals surface area contributed by atoms with E-state index < -0.39 is 0 Å². The van der Waals surface area contributed by atoms with Crippen molar-refractivity contribution >= 4 is 51.9 Å². The summed E-state index contributed by atoms with van der Waals surface area (Å²) in [7, 11) is 1.52. The highest BCUT2D eigenvalue weighted by Crippen LogP contribution is 2.34. The molecule has 0 unspecified atom stereocenters. The summed E-state index contributed by atoms with van der Waals surface area (Å²) in [6.45, 7) is 5.95. The second-order valence-electron chi connectivity index (χ2n) is 6.88. The summed E-state index contributed by atoms with van der Waals surface area (Å²) in [6.07, 6.45) is 4.33. The molecule has 1 saturated heterocycles. The Morgan fingerprint density at radius 2 is 1.97 bits per heavy atom. The molecule has 0 atom stereocenters. The molecular formula is C24H24N2O4S2. The number of nitrogens with one attached hydrogen (secondary N) is 1. The van der Waals surface area contributed by atoms with Gasteiger partial charge in [0, 0.05) is 12.2 Å². The van der Waals surface area contributed by atoms with E-state index in [1.807, 2.05) is 24.3 Å². The van der Waals surface area contributed by atoms with Crippen molar-refractivity contribution in [2.75, 3.05) is 25.6 Å². The van der Waals surface area contributed by atoms with Gasteiger partial charge in [-0.3, -0.25) is 14.5 Å². The van der Waals surface area contributed by atoms with E-state index in [0.29, 0.717) is 33.0 Å². The first-order valence-corrected chi connectivity index (χ1v) is 11.2. The van der Waals surface area contributed by atoms with Gasteiger partial charge in [0.15, 0.2) is 18.1 Å². The van der Waals surface area contributed by atoms with Gasteiger partial charge >= 0.3 is 0 Å². The predicted molar refractivity (Wildman–Crippen MR) is 133 cm³/mol. The lowest BCUT2D eigenvalue weighted by Crippen LogP contribution is -2.27. The molecule has 2 aromatic rings. The van der Waals surface area contributed by atoms with Gasteiger partial charge in [-0.25, -0.2) is 0 Å². The molecule has 0 bridgehead atoms. The Kier molecular flexibility index (Phi) is 8.08. The normalized spacial score (nSPS) is 14.6. The highest BCUT2D eigenvalue weighted by Gasteiger charge is 2.31. The lowest BCUT2D eigenvalue weighted by atomic mass is 10.1. The summed E-state index contributed by atoms with van der Waals surface area (Å²) in [5, 5.41) is 2.81. The molecule has 0 radical (unpaired) electrons. The Morgan fingerprint density at radius 3 is 2.62 bits per heavy atom. The first kappa shape index (κ1) is 23.6. The fourth-order valence-electron chi connectivity index (χ4n) is 3.00. The Balaban J connectivity index is 1.65. The molecule has 166 valence electrons. The van der Waals surface area contributed by atoms with E-state index in [0.717, 1.165) is 12.0 Å². The molecule has 0 spiro atoms. The van der Waals surface area contributed by atoms with E-state index in [1.165, 1.54) is 29.3 Å². The zero-order valence-electron chi connectivity index (χ0n) is 17.9. The third kappa shape index (κ3) is 5.77. The van der Waals surface area contributed by atoms with Crippen LogP contribution in [0, 0.1) is 0 Å². The van der Waals surface area contributed by atoms with Gasteiger partial charge in [0.2, 0.25) is 0 Å². The van der Waals surface area contributed by atoms with Crippen LogP contribution >= 0.6 is 24.0 Å². The summed E-state index contributed by atoms with van der Waals surface area (Å²) in [4.78, 5) is 26.8. The number of nitrogens with zero attached hydrogens (tertiary/aromatic N) is 1. The number of methoxy groups -OCH3 is 1. The highest BCUT2D eigenvalue weighted by molar-refractivity contribution is 8.26. The van der Waals surface area contributed by atoms with Crippen molar-refractivity contribution in [3.8, 4) is 11.5 Å². The first-order valence-electron chi connectivity index (χ1n) is 10.0. The standard InChI is InChI=1S/C24H24N2O4S2/c1-4-12-26-23(28)21(32-24(26)31)14-17-8-11-19(20(13-17)29-3)30-15-22(27)25-18-9-6-16(5-2)7-10-18/h4,6-11,13-14H,1,5,12,15H2,2-3H3,(H,25,27)/b21-14+. The second kappa shape index (κ2) is 11.0. The number of amides is 2. The van der Waals surface area contributed by atoms with E-state index in [1.54, 1.807) is 30.4 Å². The van der Waals surface area contributed by atoms with Crippen molar-refractivity contribution in [3.63, 3.8) is 0 Å². The number of carbonyl (C=O) groups is 2. The van der Waals surface area contributed by atoms with Crippen molar-refractivity contribution in [1.82, 2.24) is 4.90 Å². The maximum absolute atomic E-state index is 12.5. The van der Waals surface area contributed by atoms with Crippen LogP contribution in [-0.2, 0) is 16.0 Å². The smallest absolute Gasteiger partial charge is 0.266 e. The quantitative estimate of drug-likeness (QED) is 0.328. The third-order valence-corrected chi connectivity index (χ3v) is 6.05. The highest BCUT2D eigenvalue weighted by atomic mass is 32.2. The van der Waals surface area contributed by atoms with E-state index in [2.05, 4.69) is 18.8 Å². The summed E-state index contributed by atoms with van der Waals surface area (Å²) in [6, 6.07) is 12.9. The lowest BCUT2D eigenvalue weighted by molar-refractivity contribution is -0.121. The molecule has 6 nitrogen and oxygen atoms in total. The average Bonchev–Trinajstić information content (AvgIpc) is 3.06. The van der Waals surface area contributed by atoms with Crippen LogP contribution < -0.4 is 14.8 Å². The van der Waals surface area contributed by atoms with Gasteiger partial charge in [-0.05, 0) is 47.9 Å². The molecule has 3 rings (SSSR count). The van der Waals surface area contributed by atoms with Crippen molar-refractivity contribution < 1.29 is 19.1 Å². The third-order valence-electron chi connectivity index (χ3n) is 4.68. The zero-order valence-corrected chi connectivity index (χ0v) is 19.6. The molecule has 8 heteroatoms. The Bertz CT molecular complexity index is 1060. The summed E-state index contributed by atoms with van der Waals surface area (Å²) in [5.41, 5.74) is 2.67. The number of hydrogen-bond acceptors (Lipinski definition) is 6. The molecule has 1 fully saturated rings. The number of thioether (sulfide) groups is 1. The second-order valence-corrected chi connectivity index (χ2v) is 8.55. The van der Waals surface area contributed by atoms with Gasteiger partial charge in [-0.2, -0.15) is 0 Å². The van der Waals surface area contributed by atoms with E-state index in [9.17, 15) is 9.59 Å². The number of hydrogen-bond donors (Lipinski definition) is 1. The Hall–Kier alpha value is -3.10. The van der Waals surface area contributed by atoms with Crippen LogP contribution in [0.15, 0.2) is 60.0 Å². The molecule has 0 aromatic heterocycles. The van der Waals surface area contributed by atoms with Crippen LogP contribution in [0.2, 0.25) is 0 Å². The Labute approximate surface area is 197 Å². The minimum absolute atomic E-state index is 0.150. The maximum Gasteiger partial charge on any atom is 0.266 e. The van der Waals surface area contributed by atoms with Crippen LogP contribution in [-0.4, -0.2) is 41.3 Å². The van der Waals surface area contributed by atoms with Gasteiger partial charge in [0.25, 0.3) is 11.8 Å². The van der Waals surface area contributed by atoms with Crippen LogP contribution in [0.3, 0.4) is 0 Å². The maximum atomic E-state index is 12.5. The molecule has 1 aliphatic heterocycles. The number of thiocarbonyl (C=S) groups is 1. The largest absolute Gasteiger partial charge is 0.493 e. The lowest BCUT2D eigenvalue weighted by Gasteiger charge is -2.12. The fraction of sp³-hybridized carbons (Fsp3) is 0.208. The monoisotopic (exact) mass is 468 g/mol. The van der Waals surface area contributed by atoms with Gasteiger partial charge < -0.3 is 14.8 Å². The van der Waals surface area contributed by atoms with Gasteiger partial charge in [0.05, 0.1) is 12.0 Å². The molecule has 0 saturated carbocycles. The van der Waals surface area contributed by atoms with Crippen LogP contribution in [0.25, 0.3) is 6.08 Å². The molecule has 0 aliphatic carbocycles. The average molecular weight is 469 g/mol. The van der Waals surface area contributed by atoms with Crippen molar-refractivity contribution in [1.29, 1.82) is 0 Å². The number of ether oxygens (including phenoxy) is 2. The fourth-order valence-corrected chi connectivity index (χ4v) is 4.27. The molecule has 1 N–H and O–H groups in total. The van der Waals surface area contributed by atoms with E-state index in [-0.39, 0.29) is 18.4 Å². The predicted octanol–water partition coefficient (Wildman–Crippen LogP) is 4.66. The summed E-state index contributed by atoms with van der Waals surface area (Å²) in [5.74, 6) is 0.467. The molecule has 2 amide bonds. The minimum Gasteiger partial charge on any atom is -0.493 e. The van der Waals surface area contributed by atoms with Crippen molar-refractivity contribution in [3.05, 3.63) is 71.2 Å². The number of anilines is 1. The van der Waals surface area contributed by atoms with E-state index in [4.69, 9.17) is 21.7 Å². The minimum atomic E-state index is -0.272. The van der Waals surface area contributed by atoms with Crippen LogP contribution in [0.5, 0.6) is 11.5 Å². The van der Waals surface area contributed by atoms with Crippen molar-refractivity contribution in [2.24, 2.45) is 0 Å². The Morgan fingerprint density at radius 1 is 1.22 bits per heavy atom. The van der Waals surface area contributed by atoms with Gasteiger partial charge in [-0.15, -0.1) is 6.58 Å². The molecule has 32 heavy (non-hydrogen) atoms. The van der Waals surface area contributed by atoms with Gasteiger partial charge in [-0.1, -0.05) is 55.2 Å². The number of carbonyl (C=O) groups excluding carboxylic acids is 2. The summed E-state index contributed by atoms with van der Waals surface area (Å²) >= 11 is 6.51. The number of aryl methyl sites for hydroxylation is 1. The summed E-state index contributed by atoms with van der Waals surface area (Å²) < 4.78 is 11.6. The molecule has 1 heterocycles. The topological polar surface area (TPSA) is 67.9 Å². The van der Waals surface area contributed by atoms with Crippen molar-refractivity contribution in [2.45, 2.75) is 13.3 Å². The number of rotatable bonds is 9. The van der Waals surface area contributed by atoms with Crippen LogP contribution in [0.1, 0.15) is 18.1 Å². The molecule has 1 aliphatic rings. The molecular weight excluding hydrogens is 444 g/mol. The van der Waals surface area contributed by atoms with Gasteiger partial charge in [0.1, 0.15) is 4.32 Å². The first-order chi connectivity index (χ1) is 15.4. The number of benzene rings is 2. The molecule has 2 aromatic carbocycles.